The first-order chi connectivity index (χ1) is 8.20. The van der Waals surface area contributed by atoms with Crippen molar-refractivity contribution < 1.29 is 0 Å². The molecule has 0 aliphatic carbocycles. The second kappa shape index (κ2) is 4.02. The van der Waals surface area contributed by atoms with Gasteiger partial charge in [0, 0.05) is 0 Å². The van der Waals surface area contributed by atoms with E-state index >= 15 is 0 Å². The number of hydrogen-bond donors (Lipinski definition) is 0. The van der Waals surface area contributed by atoms with E-state index in [-0.39, 0.29) is 0 Å². The molecule has 3 aromatic rings. The van der Waals surface area contributed by atoms with Gasteiger partial charge in [0.1, 0.15) is 0 Å². The molecule has 88 valence electrons. The van der Waals surface area contributed by atoms with E-state index in [9.17, 15) is 0 Å². The van der Waals surface area contributed by atoms with Crippen LogP contribution in [0, 0.1) is 6.92 Å². The summed E-state index contributed by atoms with van der Waals surface area (Å²) in [5.41, 5.74) is 4.21. The Labute approximate surface area is 109 Å². The Bertz CT molecular complexity index is 695. The second-order valence-electron chi connectivity index (χ2n) is 4.48. The van der Waals surface area contributed by atoms with Gasteiger partial charge in [-0.25, -0.2) is 0 Å². The predicted molar refractivity (Wildman–Crippen MR) is 85.4 cm³/mol. The molecule has 0 aliphatic rings. The Morgan fingerprint density at radius 1 is 0.882 bits per heavy atom. The zero-order valence-electron chi connectivity index (χ0n) is 10.4. The number of para-hydroxylation sites is 1. The molecule has 0 radical (unpaired) electrons. The molecule has 2 heteroatoms. The molecule has 0 fully saturated rings. The molecule has 0 unspecified atom stereocenters. The van der Waals surface area contributed by atoms with Gasteiger partial charge in [-0.3, -0.25) is 0 Å². The molecule has 0 saturated heterocycles. The first kappa shape index (κ1) is 11.1. The van der Waals surface area contributed by atoms with Crippen LogP contribution in [0.3, 0.4) is 0 Å². The minimum absolute atomic E-state index is 1.06. The number of hydrogen-bond acceptors (Lipinski definition) is 0. The summed E-state index contributed by atoms with van der Waals surface area (Å²) in [6.45, 7) is 2.21. The fourth-order valence-corrected chi connectivity index (χ4v) is 5.42. The molecule has 0 N–H and O–H groups in total. The van der Waals surface area contributed by atoms with E-state index in [1.807, 2.05) is 0 Å². The van der Waals surface area contributed by atoms with Gasteiger partial charge in [0.25, 0.3) is 0 Å². The molecule has 0 spiro atoms. The summed E-state index contributed by atoms with van der Waals surface area (Å²) in [6, 6.07) is 15.4. The van der Waals surface area contributed by atoms with Crippen LogP contribution in [0.25, 0.3) is 21.8 Å². The maximum absolute atomic E-state index is 2.58. The van der Waals surface area contributed by atoms with Gasteiger partial charge in [0.2, 0.25) is 0 Å². The van der Waals surface area contributed by atoms with Crippen molar-refractivity contribution >= 4 is 41.9 Å². The Kier molecular flexibility index (Phi) is 2.62. The summed E-state index contributed by atoms with van der Waals surface area (Å²) in [6.07, 6.45) is 0. The van der Waals surface area contributed by atoms with Crippen LogP contribution in [0.5, 0.6) is 0 Å². The van der Waals surface area contributed by atoms with Crippen molar-refractivity contribution in [2.24, 2.45) is 0 Å². The van der Waals surface area contributed by atoms with Crippen LogP contribution in [0.4, 0.5) is 0 Å². The number of benzene rings is 2. The van der Waals surface area contributed by atoms with Crippen molar-refractivity contribution in [3.63, 3.8) is 0 Å². The molecule has 0 aliphatic heterocycles. The SMILES string of the molecule is Cc1cccc2c1c1ccccc1n2I(C)C. The zero-order chi connectivity index (χ0) is 12.0. The van der Waals surface area contributed by atoms with Crippen molar-refractivity contribution in [3.8, 4) is 0 Å². The molecule has 3 rings (SSSR count). The van der Waals surface area contributed by atoms with E-state index in [1.165, 1.54) is 27.4 Å². The van der Waals surface area contributed by atoms with E-state index in [0.29, 0.717) is 0 Å². The van der Waals surface area contributed by atoms with Crippen molar-refractivity contribution in [2.45, 2.75) is 6.92 Å². The molecule has 0 atom stereocenters. The van der Waals surface area contributed by atoms with E-state index < -0.39 is 20.1 Å². The third kappa shape index (κ3) is 1.58. The molecule has 2 aromatic carbocycles. The molecule has 0 amide bonds. The van der Waals surface area contributed by atoms with Crippen LogP contribution < -0.4 is 0 Å². The van der Waals surface area contributed by atoms with Gasteiger partial charge < -0.3 is 0 Å². The molecular weight excluding hydrogens is 321 g/mol. The van der Waals surface area contributed by atoms with Crippen LogP contribution >= 0.6 is 20.1 Å². The van der Waals surface area contributed by atoms with Crippen molar-refractivity contribution in [1.82, 2.24) is 2.78 Å². The normalized spacial score (nSPS) is 12.3. The molecular formula is C15H16IN. The summed E-state index contributed by atoms with van der Waals surface area (Å²) in [4.78, 5) is 4.80. The van der Waals surface area contributed by atoms with Crippen LogP contribution in [0.2, 0.25) is 0 Å². The van der Waals surface area contributed by atoms with E-state index in [4.69, 9.17) is 0 Å². The number of halogens is 1. The summed E-state index contributed by atoms with van der Waals surface area (Å²) in [5.74, 6) is 0. The van der Waals surface area contributed by atoms with Crippen molar-refractivity contribution in [1.29, 1.82) is 0 Å². The number of alkyl halides is 2. The average Bonchev–Trinajstić information content (AvgIpc) is 2.64. The van der Waals surface area contributed by atoms with Crippen molar-refractivity contribution in [3.05, 3.63) is 48.0 Å². The molecule has 1 nitrogen and oxygen atoms in total. The van der Waals surface area contributed by atoms with Gasteiger partial charge in [0.15, 0.2) is 0 Å². The fraction of sp³-hybridized carbons (Fsp3) is 0.200. The van der Waals surface area contributed by atoms with E-state index in [0.717, 1.165) is 0 Å². The van der Waals surface area contributed by atoms with Crippen LogP contribution in [-0.4, -0.2) is 12.6 Å². The van der Waals surface area contributed by atoms with Gasteiger partial charge in [-0.2, -0.15) is 0 Å². The maximum atomic E-state index is 2.58. The standard InChI is InChI=1S/C15H16IN/c1-11-7-6-10-14-15(11)12-8-4-5-9-13(12)17(14)16(2)3/h4-10H,1-3H3. The van der Waals surface area contributed by atoms with Gasteiger partial charge in [-0.05, 0) is 0 Å². The molecule has 17 heavy (non-hydrogen) atoms. The number of nitrogens with zero attached hydrogens (tertiary/aromatic N) is 1. The molecule has 1 heterocycles. The average molecular weight is 337 g/mol. The van der Waals surface area contributed by atoms with Gasteiger partial charge in [-0.1, -0.05) is 0 Å². The van der Waals surface area contributed by atoms with Gasteiger partial charge in [0.05, 0.1) is 0 Å². The first-order valence-corrected chi connectivity index (χ1v) is 11.0. The molecule has 1 aromatic heterocycles. The van der Waals surface area contributed by atoms with Crippen LogP contribution in [0.1, 0.15) is 5.56 Å². The predicted octanol–water partition coefficient (Wildman–Crippen LogP) is 4.63. The number of rotatable bonds is 1. The molecule has 0 bridgehead atoms. The van der Waals surface area contributed by atoms with Gasteiger partial charge >= 0.3 is 109 Å². The Hall–Kier alpha value is -1.03. The van der Waals surface area contributed by atoms with E-state index in [2.05, 4.69) is 62.0 Å². The second-order valence-corrected chi connectivity index (χ2v) is 9.54. The third-order valence-corrected chi connectivity index (χ3v) is 6.15. The number of aryl methyl sites for hydroxylation is 1. The quantitative estimate of drug-likeness (QED) is 0.451. The van der Waals surface area contributed by atoms with E-state index in [1.54, 1.807) is 0 Å². The summed E-state index contributed by atoms with van der Waals surface area (Å²) in [7, 11) is 0. The Balaban J connectivity index is 2.62. The summed E-state index contributed by atoms with van der Waals surface area (Å²) in [5, 5.41) is 2.85. The monoisotopic (exact) mass is 337 g/mol. The summed E-state index contributed by atoms with van der Waals surface area (Å²) >= 11 is -1.06. The van der Waals surface area contributed by atoms with Crippen LogP contribution in [-0.2, 0) is 0 Å². The fourth-order valence-electron chi connectivity index (χ4n) is 2.52. The van der Waals surface area contributed by atoms with Crippen LogP contribution in [0.15, 0.2) is 42.5 Å². The third-order valence-electron chi connectivity index (χ3n) is 3.19. The zero-order valence-corrected chi connectivity index (χ0v) is 12.5. The van der Waals surface area contributed by atoms with Crippen molar-refractivity contribution in [2.75, 3.05) is 9.86 Å². The molecule has 0 saturated carbocycles. The Morgan fingerprint density at radius 3 is 2.35 bits per heavy atom. The minimum atomic E-state index is -1.06. The number of aromatic nitrogens is 1. The summed E-state index contributed by atoms with van der Waals surface area (Å²) < 4.78 is 2.58. The first-order valence-electron chi connectivity index (χ1n) is 5.69. The number of fused-ring (bicyclic) bond motifs is 3. The van der Waals surface area contributed by atoms with Gasteiger partial charge in [-0.15, -0.1) is 0 Å². The topological polar surface area (TPSA) is 4.93 Å². The Morgan fingerprint density at radius 2 is 1.59 bits per heavy atom.